The number of benzene rings is 3. The number of pyridine rings is 3. The number of hydrogen-bond donors (Lipinski definition) is 3. The van der Waals surface area contributed by atoms with Crippen LogP contribution in [-0.4, -0.2) is 148 Å². The molecule has 1 aliphatic carbocycles. The molecule has 1 saturated carbocycles. The van der Waals surface area contributed by atoms with Crippen LogP contribution in [0.25, 0.3) is 83.0 Å². The Balaban J connectivity index is 0.586. The van der Waals surface area contributed by atoms with E-state index in [2.05, 4.69) is 74.1 Å². The Morgan fingerprint density at radius 3 is 1.41 bits per heavy atom. The van der Waals surface area contributed by atoms with Gasteiger partial charge in [0.25, 0.3) is 21.8 Å². The van der Waals surface area contributed by atoms with E-state index in [0.717, 1.165) is 43.9 Å². The SMILES string of the molecule is Nc1c(Br)c(OC2CCN(C(=O)C[n+]3cc(-c4cnn5c(N)c(Br)c(OC6CCN(S(=O)(=O)C[n+]7cc(-c8cnn9c(N)c(Br)c(OC%10CCN(S(=O)(=O)C%11CC%11)CC%10)nc89)cc8ccccc87)CC6)nc45)cc4ccccc43)CC2)nc2c(-c3cnc4ccccc4c3)cnn12. The predicted molar refractivity (Wildman–Crippen MR) is 374 cm³/mol. The summed E-state index contributed by atoms with van der Waals surface area (Å²) < 4.78 is 87.3. The van der Waals surface area contributed by atoms with E-state index in [1.54, 1.807) is 44.4 Å². The minimum Gasteiger partial charge on any atom is -0.473 e. The maximum atomic E-state index is 14.6. The minimum atomic E-state index is -3.92. The lowest BCUT2D eigenvalue weighted by atomic mass is 10.1. The first-order chi connectivity index (χ1) is 46.9. The number of halogens is 3. The zero-order valence-electron chi connectivity index (χ0n) is 51.9. The topological polar surface area (TPSA) is 312 Å². The van der Waals surface area contributed by atoms with Crippen LogP contribution < -0.4 is 40.5 Å². The smallest absolute Gasteiger partial charge is 0.288 e. The molecule has 3 aromatic carbocycles. The van der Waals surface area contributed by atoms with E-state index in [0.29, 0.717) is 142 Å². The summed E-state index contributed by atoms with van der Waals surface area (Å²) in [5.41, 5.74) is 28.1. The van der Waals surface area contributed by atoms with Gasteiger partial charge in [-0.15, -0.1) is 0 Å². The van der Waals surface area contributed by atoms with Gasteiger partial charge < -0.3 is 36.3 Å². The molecule has 9 aromatic heterocycles. The van der Waals surface area contributed by atoms with Crippen molar-refractivity contribution in [2.24, 2.45) is 0 Å². The zero-order chi connectivity index (χ0) is 66.6. The lowest BCUT2D eigenvalue weighted by molar-refractivity contribution is -0.658. The number of nitrogens with two attached hydrogens (primary N) is 3. The summed E-state index contributed by atoms with van der Waals surface area (Å²) in [5, 5.41) is 16.2. The fourth-order valence-electron chi connectivity index (χ4n) is 13.4. The quantitative estimate of drug-likeness (QED) is 0.0763. The Bertz CT molecular complexity index is 5420. The van der Waals surface area contributed by atoms with Gasteiger partial charge in [-0.05, 0) is 123 Å². The Kier molecular flexibility index (Phi) is 16.2. The molecule has 16 rings (SSSR count). The number of ether oxygens (including phenoxy) is 3. The second-order valence-electron chi connectivity index (χ2n) is 24.9. The number of amides is 1. The highest BCUT2D eigenvalue weighted by Gasteiger charge is 2.42. The van der Waals surface area contributed by atoms with E-state index >= 15 is 0 Å². The average molecular weight is 1540 g/mol. The summed E-state index contributed by atoms with van der Waals surface area (Å²) >= 11 is 10.8. The van der Waals surface area contributed by atoms with Gasteiger partial charge in [0, 0.05) is 97.7 Å². The first kappa shape index (κ1) is 63.0. The number of nitrogens with zero attached hydrogens (tertiary/aromatic N) is 15. The number of aromatic nitrogens is 12. The molecule has 496 valence electrons. The van der Waals surface area contributed by atoms with E-state index < -0.39 is 26.2 Å². The Labute approximate surface area is 580 Å². The van der Waals surface area contributed by atoms with Gasteiger partial charge in [-0.2, -0.15) is 57.2 Å². The molecule has 31 heteroatoms. The summed E-state index contributed by atoms with van der Waals surface area (Å²) in [6.07, 6.45) is 13.9. The van der Waals surface area contributed by atoms with Gasteiger partial charge in [0.1, 0.15) is 49.2 Å². The van der Waals surface area contributed by atoms with E-state index in [9.17, 15) is 21.6 Å². The van der Waals surface area contributed by atoms with Crippen molar-refractivity contribution in [3.8, 4) is 51.0 Å². The van der Waals surface area contributed by atoms with E-state index in [-0.39, 0.29) is 72.3 Å². The number of rotatable bonds is 16. The van der Waals surface area contributed by atoms with Gasteiger partial charge in [-0.1, -0.05) is 42.5 Å². The van der Waals surface area contributed by atoms with Crippen LogP contribution in [0.5, 0.6) is 17.6 Å². The van der Waals surface area contributed by atoms with Gasteiger partial charge in [0.2, 0.25) is 45.2 Å². The van der Waals surface area contributed by atoms with Crippen molar-refractivity contribution < 1.29 is 45.0 Å². The third-order valence-electron chi connectivity index (χ3n) is 18.7. The van der Waals surface area contributed by atoms with Crippen LogP contribution in [0.3, 0.4) is 0 Å². The second-order valence-corrected chi connectivity index (χ2v) is 31.5. The molecule has 0 unspecified atom stereocenters. The molecule has 26 nitrogen and oxygen atoms in total. The average Bonchev–Trinajstić information content (AvgIpc) is 1.74. The molecule has 0 atom stereocenters. The van der Waals surface area contributed by atoms with Crippen LogP contribution in [0.2, 0.25) is 0 Å². The van der Waals surface area contributed by atoms with Crippen molar-refractivity contribution in [2.75, 3.05) is 56.5 Å². The number of piperidine rings is 3. The van der Waals surface area contributed by atoms with Crippen molar-refractivity contribution in [1.29, 1.82) is 0 Å². The minimum absolute atomic E-state index is 0.0551. The number of hydrogen-bond acceptors (Lipinski definition) is 18. The molecule has 12 heterocycles. The van der Waals surface area contributed by atoms with Crippen LogP contribution in [-0.2, 0) is 37.3 Å². The summed E-state index contributed by atoms with van der Waals surface area (Å²) in [6, 6.07) is 29.4. The molecule has 0 radical (unpaired) electrons. The number of para-hydroxylation sites is 3. The van der Waals surface area contributed by atoms with Crippen LogP contribution in [0.1, 0.15) is 51.4 Å². The Hall–Kier alpha value is -8.72. The van der Waals surface area contributed by atoms with Crippen molar-refractivity contribution in [1.82, 2.24) is 62.3 Å². The number of nitrogen functional groups attached to an aromatic ring is 3. The summed E-state index contributed by atoms with van der Waals surface area (Å²) in [5.74, 6) is 1.28. The van der Waals surface area contributed by atoms with Gasteiger partial charge in [0.15, 0.2) is 29.3 Å². The fraction of sp³-hybridized carbons (Fsp3) is 0.303. The van der Waals surface area contributed by atoms with Crippen molar-refractivity contribution in [3.05, 3.63) is 142 Å². The molecule has 3 saturated heterocycles. The van der Waals surface area contributed by atoms with Crippen LogP contribution in [0.15, 0.2) is 142 Å². The van der Waals surface area contributed by atoms with E-state index in [1.807, 2.05) is 101 Å². The van der Waals surface area contributed by atoms with Gasteiger partial charge in [-0.3, -0.25) is 9.78 Å². The third kappa shape index (κ3) is 11.8. The van der Waals surface area contributed by atoms with E-state index in [1.165, 1.54) is 13.3 Å². The molecule has 0 spiro atoms. The predicted octanol–water partition coefficient (Wildman–Crippen LogP) is 8.52. The molecule has 4 aliphatic rings. The number of fused-ring (bicyclic) bond motifs is 6. The number of sulfonamides is 2. The number of carbonyl (C=O) groups is 1. The normalized spacial score (nSPS) is 16.8. The molecule has 4 fully saturated rings. The first-order valence-corrected chi connectivity index (χ1v) is 37.3. The highest BCUT2D eigenvalue weighted by atomic mass is 79.9. The fourth-order valence-corrected chi connectivity index (χ4v) is 17.8. The highest BCUT2D eigenvalue weighted by Crippen LogP contribution is 2.40. The van der Waals surface area contributed by atoms with Crippen LogP contribution in [0, 0.1) is 0 Å². The van der Waals surface area contributed by atoms with Gasteiger partial charge >= 0.3 is 0 Å². The van der Waals surface area contributed by atoms with Crippen LogP contribution in [0.4, 0.5) is 17.5 Å². The Morgan fingerprint density at radius 1 is 0.505 bits per heavy atom. The molecular formula is C66H63Br3N18O8S2+2. The molecule has 3 aliphatic heterocycles. The first-order valence-electron chi connectivity index (χ1n) is 31.8. The monoisotopic (exact) mass is 1540 g/mol. The number of carbonyl (C=O) groups excluding carboxylic acids is 1. The molecule has 1 amide bonds. The summed E-state index contributed by atoms with van der Waals surface area (Å²) in [6.45, 7) is 2.09. The second kappa shape index (κ2) is 25.0. The highest BCUT2D eigenvalue weighted by molar-refractivity contribution is 9.11. The molecule has 6 N–H and O–H groups in total. The van der Waals surface area contributed by atoms with Gasteiger partial charge in [0.05, 0.1) is 51.6 Å². The maximum absolute atomic E-state index is 14.6. The Morgan fingerprint density at radius 2 is 0.918 bits per heavy atom. The van der Waals surface area contributed by atoms with Crippen LogP contribution >= 0.6 is 47.8 Å². The lowest BCUT2D eigenvalue weighted by Crippen LogP contribution is -2.48. The lowest BCUT2D eigenvalue weighted by Gasteiger charge is -2.31. The maximum Gasteiger partial charge on any atom is 0.288 e. The standard InChI is InChI=1S/C66H63Br3N18O8S2/c67-55-58(70)85-61(48(31-74-85)41-27-38-7-1-4-10-51(38)73-30-41)77-64(55)93-44-15-21-80(22-16-44)54(88)36-81-34-42(28-39-8-2-5-11-52(39)81)49-32-75-86-59(71)56(68)65(78-62(49)86)94-45-17-23-83(24-18-45)96(89,90)37-82-35-43(29-40-9-3-6-12-53(40)82)50-33-76-87-60(72)57(69)66(79-63(50)87)95-46-19-25-84(26-20-46)97(91,92)47-13-14-47/h1-12,27-35,44-47H,13-26,36-37,70-72H2/q+2. The van der Waals surface area contributed by atoms with Crippen molar-refractivity contribution >= 4 is 141 Å². The van der Waals surface area contributed by atoms with E-state index in [4.69, 9.17) is 46.4 Å². The summed E-state index contributed by atoms with van der Waals surface area (Å²) in [7, 11) is -7.22. The zero-order valence-corrected chi connectivity index (χ0v) is 58.3. The van der Waals surface area contributed by atoms with Crippen molar-refractivity contribution in [3.63, 3.8) is 0 Å². The third-order valence-corrected chi connectivity index (χ3v) is 25.1. The van der Waals surface area contributed by atoms with Gasteiger partial charge in [-0.25, -0.2) is 21.1 Å². The molecular weight excluding hydrogens is 1480 g/mol. The van der Waals surface area contributed by atoms with Crippen molar-refractivity contribution in [2.45, 2.75) is 87.3 Å². The summed E-state index contributed by atoms with van der Waals surface area (Å²) in [4.78, 5) is 35.7. The molecule has 12 aromatic rings. The molecule has 97 heavy (non-hydrogen) atoms. The number of anilines is 3. The largest absolute Gasteiger partial charge is 0.473 e. The number of likely N-dealkylation sites (tertiary alicyclic amines) is 1. The molecule has 0 bridgehead atoms.